The van der Waals surface area contributed by atoms with Gasteiger partial charge in [-0.1, -0.05) is 48.5 Å². The zero-order chi connectivity index (χ0) is 17.5. The summed E-state index contributed by atoms with van der Waals surface area (Å²) in [5.74, 6) is 0.434. The van der Waals surface area contributed by atoms with Gasteiger partial charge in [-0.3, -0.25) is 0 Å². The van der Waals surface area contributed by atoms with Gasteiger partial charge in [0.05, 0.1) is 6.10 Å². The van der Waals surface area contributed by atoms with Crippen molar-refractivity contribution in [1.82, 2.24) is 9.47 Å². The Balaban J connectivity index is 1.57. The lowest BCUT2D eigenvalue weighted by atomic mass is 9.83. The van der Waals surface area contributed by atoms with Crippen LogP contribution in [0.4, 0.5) is 0 Å². The van der Waals surface area contributed by atoms with Gasteiger partial charge in [-0.25, -0.2) is 0 Å². The van der Waals surface area contributed by atoms with Crippen LogP contribution in [0, 0.1) is 5.92 Å². The molecule has 3 heteroatoms. The van der Waals surface area contributed by atoms with Gasteiger partial charge in [-0.15, -0.1) is 0 Å². The largest absolute Gasteiger partial charge is 0.387 e. The highest BCUT2D eigenvalue weighted by Gasteiger charge is 2.36. The van der Waals surface area contributed by atoms with Crippen LogP contribution in [-0.2, 0) is 6.54 Å². The number of aliphatic hydroxyl groups is 1. The number of hydrogen-bond acceptors (Lipinski definition) is 2. The molecular weight excluding hydrogens is 320 g/mol. The van der Waals surface area contributed by atoms with E-state index in [1.54, 1.807) is 0 Å². The zero-order valence-electron chi connectivity index (χ0n) is 14.9. The molecule has 6 rings (SSSR count). The molecule has 0 amide bonds. The molecule has 26 heavy (non-hydrogen) atoms. The maximum absolute atomic E-state index is 10.7. The first kappa shape index (κ1) is 15.7. The molecule has 3 aliphatic heterocycles. The van der Waals surface area contributed by atoms with E-state index in [1.807, 2.05) is 0 Å². The summed E-state index contributed by atoms with van der Waals surface area (Å²) in [4.78, 5) is 2.37. The van der Waals surface area contributed by atoms with Crippen LogP contribution in [-0.4, -0.2) is 33.8 Å². The third-order valence-corrected chi connectivity index (χ3v) is 5.97. The Bertz CT molecular complexity index is 945. The Morgan fingerprint density at radius 1 is 0.962 bits per heavy atom. The SMILES string of the molecule is OC1/C(=C/c2cn(Cc3ccccc3)c3ccccc23)N2CCC1CC2. The molecule has 2 bridgehead atoms. The Morgan fingerprint density at radius 2 is 1.69 bits per heavy atom. The van der Waals surface area contributed by atoms with Crippen LogP contribution < -0.4 is 0 Å². The minimum absolute atomic E-state index is 0.311. The van der Waals surface area contributed by atoms with Gasteiger partial charge in [-0.2, -0.15) is 0 Å². The Morgan fingerprint density at radius 3 is 2.46 bits per heavy atom. The fourth-order valence-corrected chi connectivity index (χ4v) is 4.54. The van der Waals surface area contributed by atoms with Gasteiger partial charge in [0.2, 0.25) is 0 Å². The lowest BCUT2D eigenvalue weighted by molar-refractivity contribution is 0.0215. The normalized spacial score (nSPS) is 23.9. The molecule has 0 spiro atoms. The average molecular weight is 344 g/mol. The van der Waals surface area contributed by atoms with E-state index in [0.717, 1.165) is 38.2 Å². The number of nitrogens with zero attached hydrogens (tertiary/aromatic N) is 2. The Hall–Kier alpha value is -2.52. The molecule has 1 atom stereocenters. The van der Waals surface area contributed by atoms with Gasteiger partial charge in [0.1, 0.15) is 0 Å². The number of para-hydroxylation sites is 1. The molecule has 3 saturated heterocycles. The van der Waals surface area contributed by atoms with Crippen LogP contribution in [0.3, 0.4) is 0 Å². The molecule has 1 unspecified atom stereocenters. The molecule has 4 heterocycles. The molecule has 3 aromatic rings. The molecule has 0 aliphatic carbocycles. The van der Waals surface area contributed by atoms with Crippen molar-refractivity contribution < 1.29 is 5.11 Å². The van der Waals surface area contributed by atoms with E-state index in [9.17, 15) is 5.11 Å². The summed E-state index contributed by atoms with van der Waals surface area (Å²) in [6, 6.07) is 19.1. The Kier molecular flexibility index (Phi) is 3.83. The van der Waals surface area contributed by atoms with E-state index in [2.05, 4.69) is 76.3 Å². The third kappa shape index (κ3) is 2.63. The van der Waals surface area contributed by atoms with Crippen LogP contribution >= 0.6 is 0 Å². The van der Waals surface area contributed by atoms with Crippen molar-refractivity contribution in [2.24, 2.45) is 5.92 Å². The highest BCUT2D eigenvalue weighted by Crippen LogP contribution is 2.36. The molecular formula is C23H24N2O. The molecule has 2 aromatic carbocycles. The van der Waals surface area contributed by atoms with Crippen molar-refractivity contribution in [2.45, 2.75) is 25.5 Å². The molecule has 0 saturated carbocycles. The summed E-state index contributed by atoms with van der Waals surface area (Å²) >= 11 is 0. The van der Waals surface area contributed by atoms with Gasteiger partial charge in [-0.05, 0) is 36.5 Å². The fraction of sp³-hybridized carbons (Fsp3) is 0.304. The van der Waals surface area contributed by atoms with E-state index in [0.29, 0.717) is 5.92 Å². The monoisotopic (exact) mass is 344 g/mol. The standard InChI is InChI=1S/C23H24N2O/c26-23-18-10-12-24(13-11-18)22(23)14-19-16-25(15-17-6-2-1-3-7-17)21-9-5-4-8-20(19)21/h1-9,14,16,18,23,26H,10-13,15H2/b22-14-. The van der Waals surface area contributed by atoms with Crippen LogP contribution in [0.25, 0.3) is 17.0 Å². The van der Waals surface area contributed by atoms with Crippen molar-refractivity contribution in [1.29, 1.82) is 0 Å². The number of hydrogen-bond donors (Lipinski definition) is 1. The third-order valence-electron chi connectivity index (χ3n) is 5.97. The predicted molar refractivity (Wildman–Crippen MR) is 106 cm³/mol. The van der Waals surface area contributed by atoms with Crippen LogP contribution in [0.1, 0.15) is 24.0 Å². The number of rotatable bonds is 3. The summed E-state index contributed by atoms with van der Waals surface area (Å²) in [6.07, 6.45) is 6.39. The van der Waals surface area contributed by atoms with E-state index in [4.69, 9.17) is 0 Å². The zero-order valence-corrected chi connectivity index (χ0v) is 14.9. The Labute approximate surface area is 154 Å². The summed E-state index contributed by atoms with van der Waals surface area (Å²) in [5, 5.41) is 12.0. The minimum Gasteiger partial charge on any atom is -0.387 e. The van der Waals surface area contributed by atoms with Gasteiger partial charge in [0.15, 0.2) is 0 Å². The number of benzene rings is 2. The van der Waals surface area contributed by atoms with Crippen LogP contribution in [0.15, 0.2) is 66.5 Å². The lowest BCUT2D eigenvalue weighted by Gasteiger charge is -2.45. The van der Waals surface area contributed by atoms with Gasteiger partial charge >= 0.3 is 0 Å². The highest BCUT2D eigenvalue weighted by atomic mass is 16.3. The average Bonchev–Trinajstić information content (AvgIpc) is 3.03. The highest BCUT2D eigenvalue weighted by molar-refractivity contribution is 5.90. The maximum atomic E-state index is 10.7. The number of fused-ring (bicyclic) bond motifs is 4. The van der Waals surface area contributed by atoms with E-state index in [-0.39, 0.29) is 6.10 Å². The van der Waals surface area contributed by atoms with Crippen molar-refractivity contribution in [3.8, 4) is 0 Å². The second-order valence-electron chi connectivity index (χ2n) is 7.55. The predicted octanol–water partition coefficient (Wildman–Crippen LogP) is 4.12. The van der Waals surface area contributed by atoms with Crippen molar-refractivity contribution >= 4 is 17.0 Å². The van der Waals surface area contributed by atoms with Crippen LogP contribution in [0.2, 0.25) is 0 Å². The molecule has 132 valence electrons. The first-order valence-corrected chi connectivity index (χ1v) is 9.56. The maximum Gasteiger partial charge on any atom is 0.0965 e. The van der Waals surface area contributed by atoms with E-state index >= 15 is 0 Å². The smallest absolute Gasteiger partial charge is 0.0965 e. The van der Waals surface area contributed by atoms with Crippen molar-refractivity contribution in [3.63, 3.8) is 0 Å². The molecule has 3 fully saturated rings. The fourth-order valence-electron chi connectivity index (χ4n) is 4.54. The topological polar surface area (TPSA) is 28.4 Å². The summed E-state index contributed by atoms with van der Waals surface area (Å²) in [7, 11) is 0. The quantitative estimate of drug-likeness (QED) is 0.774. The first-order valence-electron chi connectivity index (χ1n) is 9.56. The van der Waals surface area contributed by atoms with Crippen molar-refractivity contribution in [3.05, 3.63) is 77.6 Å². The van der Waals surface area contributed by atoms with E-state index < -0.39 is 0 Å². The molecule has 1 aromatic heterocycles. The van der Waals surface area contributed by atoms with Gasteiger partial charge in [0, 0.05) is 48.0 Å². The second kappa shape index (κ2) is 6.33. The minimum atomic E-state index is -0.311. The summed E-state index contributed by atoms with van der Waals surface area (Å²) in [5.41, 5.74) is 4.86. The molecule has 3 nitrogen and oxygen atoms in total. The molecule has 3 aliphatic rings. The number of aliphatic hydroxyl groups excluding tert-OH is 1. The van der Waals surface area contributed by atoms with Gasteiger partial charge < -0.3 is 14.6 Å². The number of aromatic nitrogens is 1. The van der Waals surface area contributed by atoms with Gasteiger partial charge in [0.25, 0.3) is 0 Å². The number of piperidine rings is 3. The lowest BCUT2D eigenvalue weighted by Crippen LogP contribution is -2.48. The molecule has 0 radical (unpaired) electrons. The van der Waals surface area contributed by atoms with E-state index in [1.165, 1.54) is 22.0 Å². The summed E-state index contributed by atoms with van der Waals surface area (Å²) in [6.45, 7) is 3.02. The molecule has 1 N–H and O–H groups in total. The van der Waals surface area contributed by atoms with Crippen molar-refractivity contribution in [2.75, 3.05) is 13.1 Å². The second-order valence-corrected chi connectivity index (χ2v) is 7.55. The summed E-state index contributed by atoms with van der Waals surface area (Å²) < 4.78 is 2.32. The van der Waals surface area contributed by atoms with Crippen LogP contribution in [0.5, 0.6) is 0 Å². The first-order chi connectivity index (χ1) is 12.8.